The van der Waals surface area contributed by atoms with E-state index in [1.54, 1.807) is 6.08 Å². The summed E-state index contributed by atoms with van der Waals surface area (Å²) in [5.74, 6) is -0.231. The lowest BCUT2D eigenvalue weighted by molar-refractivity contribution is -0.302. The Kier molecular flexibility index (Phi) is 39.6. The first kappa shape index (κ1) is 58.4. The van der Waals surface area contributed by atoms with Crippen LogP contribution in [0.2, 0.25) is 0 Å². The van der Waals surface area contributed by atoms with Gasteiger partial charge in [0.2, 0.25) is 5.91 Å². The Morgan fingerprint density at radius 3 is 1.50 bits per heavy atom. The number of ether oxygens (including phenoxy) is 3. The van der Waals surface area contributed by atoms with Crippen molar-refractivity contribution in [3.8, 4) is 0 Å². The average Bonchev–Trinajstić information content (AvgIpc) is 3.27. The molecular weight excluding hydrogens is 787 g/mol. The molecule has 6 N–H and O–H groups in total. The number of esters is 1. The number of aliphatic hydroxyl groups excluding tert-OH is 5. The molecule has 0 aromatic carbocycles. The summed E-state index contributed by atoms with van der Waals surface area (Å²) in [6, 6.07) is -0.819. The first-order chi connectivity index (χ1) is 30.2. The summed E-state index contributed by atoms with van der Waals surface area (Å²) in [6.07, 6.45) is 35.6. The van der Waals surface area contributed by atoms with Gasteiger partial charge in [0.25, 0.3) is 0 Å². The smallest absolute Gasteiger partial charge is 0.305 e. The van der Waals surface area contributed by atoms with Crippen molar-refractivity contribution in [3.63, 3.8) is 0 Å². The van der Waals surface area contributed by atoms with Gasteiger partial charge in [-0.1, -0.05) is 206 Å². The second-order valence-electron chi connectivity index (χ2n) is 18.2. The minimum absolute atomic E-state index is 0.0336. The quantitative estimate of drug-likeness (QED) is 0.0196. The van der Waals surface area contributed by atoms with E-state index < -0.39 is 49.5 Å². The molecular formula is C51H97NO10. The Balaban J connectivity index is 2.18. The monoisotopic (exact) mass is 884 g/mol. The molecule has 1 aliphatic heterocycles. The van der Waals surface area contributed by atoms with Crippen molar-refractivity contribution in [1.82, 2.24) is 5.32 Å². The van der Waals surface area contributed by atoms with Crippen molar-refractivity contribution in [3.05, 3.63) is 12.2 Å². The van der Waals surface area contributed by atoms with Crippen molar-refractivity contribution in [2.24, 2.45) is 0 Å². The third kappa shape index (κ3) is 32.1. The second kappa shape index (κ2) is 42.1. The second-order valence-corrected chi connectivity index (χ2v) is 18.2. The number of rotatable bonds is 44. The fourth-order valence-electron chi connectivity index (χ4n) is 8.20. The van der Waals surface area contributed by atoms with E-state index in [4.69, 9.17) is 14.2 Å². The van der Waals surface area contributed by atoms with Gasteiger partial charge in [-0.15, -0.1) is 0 Å². The van der Waals surface area contributed by atoms with Crippen molar-refractivity contribution >= 4 is 11.9 Å². The maximum Gasteiger partial charge on any atom is 0.305 e. The highest BCUT2D eigenvalue weighted by Crippen LogP contribution is 2.23. The largest absolute Gasteiger partial charge is 0.466 e. The summed E-state index contributed by atoms with van der Waals surface area (Å²) in [5, 5.41) is 54.2. The molecule has 0 radical (unpaired) electrons. The number of allylic oxidation sites excluding steroid dienone is 1. The number of hydrogen-bond acceptors (Lipinski definition) is 10. The summed E-state index contributed by atoms with van der Waals surface area (Å²) < 4.78 is 16.6. The number of unbranched alkanes of at least 4 members (excludes halogenated alkanes) is 30. The highest BCUT2D eigenvalue weighted by atomic mass is 16.7. The summed E-state index contributed by atoms with van der Waals surface area (Å²) in [4.78, 5) is 25.0. The topological polar surface area (TPSA) is 175 Å². The lowest BCUT2D eigenvalue weighted by Gasteiger charge is -2.40. The Hall–Kier alpha value is -1.60. The average molecular weight is 884 g/mol. The molecule has 1 amide bonds. The standard InChI is InChI=1S/C51H97NO10/c1-3-5-7-9-11-13-17-21-25-29-33-37-44(54)43(42-61-51-50(59)49(58)48(57)45(41-53)62-51)52-46(55)38-34-30-26-22-19-15-16-20-24-28-32-36-40-60-47(56)39-35-31-27-23-18-14-12-10-8-6-4-2/h33,37,43-45,48-51,53-54,57-59H,3-32,34-36,38-42H2,1-2H3,(H,52,55)/b37-33+. The Morgan fingerprint density at radius 2 is 1.02 bits per heavy atom. The fraction of sp³-hybridized carbons (Fsp3) is 0.922. The minimum Gasteiger partial charge on any atom is -0.466 e. The highest BCUT2D eigenvalue weighted by Gasteiger charge is 2.44. The van der Waals surface area contributed by atoms with Gasteiger partial charge in [-0.2, -0.15) is 0 Å². The van der Waals surface area contributed by atoms with Crippen molar-refractivity contribution < 1.29 is 49.3 Å². The van der Waals surface area contributed by atoms with Crippen molar-refractivity contribution in [2.45, 2.75) is 281 Å². The molecule has 62 heavy (non-hydrogen) atoms. The molecule has 1 heterocycles. The summed E-state index contributed by atoms with van der Waals surface area (Å²) in [6.45, 7) is 4.27. The van der Waals surface area contributed by atoms with Crippen LogP contribution in [0.4, 0.5) is 0 Å². The van der Waals surface area contributed by atoms with Gasteiger partial charge < -0.3 is 45.1 Å². The lowest BCUT2D eigenvalue weighted by Crippen LogP contribution is -2.60. The Morgan fingerprint density at radius 1 is 0.581 bits per heavy atom. The van der Waals surface area contributed by atoms with Crippen LogP contribution in [0.25, 0.3) is 0 Å². The zero-order valence-corrected chi connectivity index (χ0v) is 39.8. The molecule has 0 aromatic heterocycles. The maximum atomic E-state index is 13.0. The molecule has 0 bridgehead atoms. The molecule has 0 aromatic rings. The summed E-state index contributed by atoms with van der Waals surface area (Å²) in [7, 11) is 0. The van der Waals surface area contributed by atoms with E-state index in [-0.39, 0.29) is 18.5 Å². The van der Waals surface area contributed by atoms with E-state index in [0.717, 1.165) is 70.6 Å². The third-order valence-electron chi connectivity index (χ3n) is 12.4. The van der Waals surface area contributed by atoms with E-state index in [0.29, 0.717) is 19.4 Å². The molecule has 0 aliphatic carbocycles. The molecule has 1 fully saturated rings. The third-order valence-corrected chi connectivity index (χ3v) is 12.4. The fourth-order valence-corrected chi connectivity index (χ4v) is 8.20. The van der Waals surface area contributed by atoms with Gasteiger partial charge in [-0.25, -0.2) is 0 Å². The molecule has 0 saturated carbocycles. The SMILES string of the molecule is CCCCCCCCCCC/C=C/C(O)C(COC1OC(CO)C(O)C(O)C1O)NC(=O)CCCCCCCCCCCCCCOC(=O)CCCCCCCCCCCCC. The molecule has 11 nitrogen and oxygen atoms in total. The molecule has 366 valence electrons. The van der Waals surface area contributed by atoms with E-state index in [2.05, 4.69) is 19.2 Å². The Labute approximate surface area is 378 Å². The van der Waals surface area contributed by atoms with Gasteiger partial charge in [0.1, 0.15) is 24.4 Å². The van der Waals surface area contributed by atoms with Crippen LogP contribution >= 0.6 is 0 Å². The predicted molar refractivity (Wildman–Crippen MR) is 251 cm³/mol. The number of carbonyl (C=O) groups is 2. The number of carbonyl (C=O) groups excluding carboxylic acids is 2. The molecule has 7 unspecified atom stereocenters. The molecule has 7 atom stereocenters. The summed E-state index contributed by atoms with van der Waals surface area (Å²) >= 11 is 0. The first-order valence-electron chi connectivity index (χ1n) is 26.0. The van der Waals surface area contributed by atoms with Crippen LogP contribution in [0.1, 0.15) is 239 Å². The van der Waals surface area contributed by atoms with Crippen LogP contribution in [0.5, 0.6) is 0 Å². The lowest BCUT2D eigenvalue weighted by atomic mass is 9.99. The molecule has 11 heteroatoms. The highest BCUT2D eigenvalue weighted by molar-refractivity contribution is 5.76. The molecule has 0 spiro atoms. The van der Waals surface area contributed by atoms with E-state index >= 15 is 0 Å². The van der Waals surface area contributed by atoms with Gasteiger partial charge in [-0.05, 0) is 32.1 Å². The van der Waals surface area contributed by atoms with Crippen LogP contribution in [0.15, 0.2) is 12.2 Å². The minimum atomic E-state index is -1.57. The van der Waals surface area contributed by atoms with Gasteiger partial charge in [-0.3, -0.25) is 9.59 Å². The van der Waals surface area contributed by atoms with Crippen LogP contribution in [0.3, 0.4) is 0 Å². The van der Waals surface area contributed by atoms with Gasteiger partial charge in [0.15, 0.2) is 6.29 Å². The normalized spacial score (nSPS) is 20.1. The zero-order valence-electron chi connectivity index (χ0n) is 39.8. The van der Waals surface area contributed by atoms with Crippen LogP contribution in [-0.2, 0) is 23.8 Å². The van der Waals surface area contributed by atoms with E-state index in [1.165, 1.54) is 141 Å². The van der Waals surface area contributed by atoms with E-state index in [1.807, 2.05) is 6.08 Å². The zero-order chi connectivity index (χ0) is 45.3. The molecule has 1 rings (SSSR count). The first-order valence-corrected chi connectivity index (χ1v) is 26.0. The molecule has 1 aliphatic rings. The van der Waals surface area contributed by atoms with Gasteiger partial charge >= 0.3 is 5.97 Å². The number of aliphatic hydroxyl groups is 5. The van der Waals surface area contributed by atoms with Gasteiger partial charge in [0, 0.05) is 12.8 Å². The number of hydrogen-bond donors (Lipinski definition) is 6. The maximum absolute atomic E-state index is 13.0. The van der Waals surface area contributed by atoms with E-state index in [9.17, 15) is 35.1 Å². The number of amides is 1. The predicted octanol–water partition coefficient (Wildman–Crippen LogP) is 10.4. The van der Waals surface area contributed by atoms with Gasteiger partial charge in [0.05, 0.1) is 32.0 Å². The summed E-state index contributed by atoms with van der Waals surface area (Å²) in [5.41, 5.74) is 0. The van der Waals surface area contributed by atoms with Crippen molar-refractivity contribution in [1.29, 1.82) is 0 Å². The van der Waals surface area contributed by atoms with Crippen LogP contribution in [-0.4, -0.2) is 100 Å². The molecule has 1 saturated heterocycles. The van der Waals surface area contributed by atoms with Crippen LogP contribution < -0.4 is 5.32 Å². The van der Waals surface area contributed by atoms with Crippen LogP contribution in [0, 0.1) is 0 Å². The Bertz CT molecular complexity index is 1040. The van der Waals surface area contributed by atoms with Crippen molar-refractivity contribution in [2.75, 3.05) is 19.8 Å². The number of nitrogens with one attached hydrogen (secondary N) is 1.